The highest BCUT2D eigenvalue weighted by atomic mass is 16.6. The monoisotopic (exact) mass is 816 g/mol. The van der Waals surface area contributed by atoms with Gasteiger partial charge in [0.15, 0.2) is 0 Å². The molecular formula is C48H81NO9. The summed E-state index contributed by atoms with van der Waals surface area (Å²) in [6, 6.07) is -1.66. The number of hydrogen-bond donors (Lipinski definition) is 3. The molecule has 1 fully saturated rings. The summed E-state index contributed by atoms with van der Waals surface area (Å²) in [5.41, 5.74) is -0.103. The second-order valence-corrected chi connectivity index (χ2v) is 16.9. The van der Waals surface area contributed by atoms with Crippen LogP contribution >= 0.6 is 0 Å². The van der Waals surface area contributed by atoms with Crippen LogP contribution in [0.5, 0.6) is 0 Å². The van der Waals surface area contributed by atoms with Crippen molar-refractivity contribution in [1.82, 2.24) is 0 Å². The highest BCUT2D eigenvalue weighted by Crippen LogP contribution is 2.83. The highest BCUT2D eigenvalue weighted by molar-refractivity contribution is 6.07. The number of unbranched alkanes of at least 4 members (excludes halogenated alkanes) is 24. The Hall–Kier alpha value is -3.14. The van der Waals surface area contributed by atoms with E-state index in [9.17, 15) is 33.9 Å². The number of carbonyl (C=O) groups excluding carboxylic acids is 4. The second-order valence-electron chi connectivity index (χ2n) is 16.9. The number of aldehydes is 2. The van der Waals surface area contributed by atoms with Crippen LogP contribution in [-0.2, 0) is 33.5 Å². The van der Waals surface area contributed by atoms with Crippen LogP contribution in [0.3, 0.4) is 0 Å². The number of rotatable bonds is 40. The van der Waals surface area contributed by atoms with Crippen molar-refractivity contribution >= 4 is 36.4 Å². The Morgan fingerprint density at radius 1 is 0.552 bits per heavy atom. The first kappa shape index (κ1) is 52.9. The normalized spacial score (nSPS) is 20.7. The third-order valence-electron chi connectivity index (χ3n) is 12.5. The van der Waals surface area contributed by atoms with Gasteiger partial charge in [0, 0.05) is 6.42 Å². The van der Waals surface area contributed by atoms with E-state index in [1.165, 1.54) is 77.0 Å². The Morgan fingerprint density at radius 2 is 0.914 bits per heavy atom. The standard InChI is InChI=1S/C48H81NO9/c1-3-5-7-9-11-13-15-17-19-21-23-25-27-29-31-33-35-47(44(55)56)46(40-51,37-38-50)48(47,45(57)58-43(54)41(49)39-42(52)53)36-34-32-30-28-26-24-22-20-18-16-14-12-10-8-6-4-2/h17-20,38,40-41H,3-16,21-37,39,49H2,1-2H3,(H,52,53)(H,55,56)/t41-,46?,47?,48?/m0/s1. The van der Waals surface area contributed by atoms with Crippen LogP contribution in [0, 0.1) is 16.2 Å². The minimum atomic E-state index is -1.96. The van der Waals surface area contributed by atoms with E-state index in [0.717, 1.165) is 77.0 Å². The molecule has 0 radical (unpaired) electrons. The first-order valence-corrected chi connectivity index (χ1v) is 23.2. The molecule has 0 heterocycles. The van der Waals surface area contributed by atoms with Crippen LogP contribution in [0.1, 0.15) is 219 Å². The zero-order valence-electron chi connectivity index (χ0n) is 36.5. The van der Waals surface area contributed by atoms with Crippen molar-refractivity contribution < 1.29 is 43.7 Å². The molecular weight excluding hydrogens is 735 g/mol. The van der Waals surface area contributed by atoms with E-state index >= 15 is 0 Å². The van der Waals surface area contributed by atoms with Crippen molar-refractivity contribution in [1.29, 1.82) is 0 Å². The van der Waals surface area contributed by atoms with Crippen LogP contribution in [0.15, 0.2) is 24.3 Å². The molecule has 332 valence electrons. The molecule has 10 heteroatoms. The van der Waals surface area contributed by atoms with Gasteiger partial charge in [-0.1, -0.05) is 167 Å². The van der Waals surface area contributed by atoms with E-state index in [1.807, 2.05) is 0 Å². The molecule has 10 nitrogen and oxygen atoms in total. The number of esters is 2. The third kappa shape index (κ3) is 17.2. The lowest BCUT2D eigenvalue weighted by molar-refractivity contribution is -0.170. The van der Waals surface area contributed by atoms with Crippen molar-refractivity contribution in [3.05, 3.63) is 24.3 Å². The molecule has 0 aliphatic heterocycles. The fraction of sp³-hybridized carbons (Fsp3) is 0.792. The number of carbonyl (C=O) groups is 6. The highest BCUT2D eigenvalue weighted by Gasteiger charge is 2.93. The number of nitrogens with two attached hydrogens (primary N) is 1. The molecule has 3 unspecified atom stereocenters. The average Bonchev–Trinajstić information content (AvgIpc) is 3.72. The molecule has 0 amide bonds. The topological polar surface area (TPSA) is 178 Å². The van der Waals surface area contributed by atoms with Crippen LogP contribution in [0.4, 0.5) is 0 Å². The predicted octanol–water partition coefficient (Wildman–Crippen LogP) is 11.6. The molecule has 1 rings (SSSR count). The molecule has 0 aromatic carbocycles. The Kier molecular flexibility index (Phi) is 28.9. The first-order valence-electron chi connectivity index (χ1n) is 23.2. The van der Waals surface area contributed by atoms with Gasteiger partial charge in [-0.15, -0.1) is 0 Å². The van der Waals surface area contributed by atoms with E-state index in [2.05, 4.69) is 38.2 Å². The van der Waals surface area contributed by atoms with Crippen molar-refractivity contribution in [3.63, 3.8) is 0 Å². The van der Waals surface area contributed by atoms with Gasteiger partial charge in [-0.25, -0.2) is 4.79 Å². The number of ether oxygens (including phenoxy) is 1. The fourth-order valence-corrected chi connectivity index (χ4v) is 9.14. The molecule has 0 bridgehead atoms. The maximum Gasteiger partial charge on any atom is 0.331 e. The molecule has 1 aliphatic rings. The third-order valence-corrected chi connectivity index (χ3v) is 12.5. The van der Waals surface area contributed by atoms with Crippen LogP contribution in [0.25, 0.3) is 0 Å². The molecule has 0 aromatic heterocycles. The molecule has 58 heavy (non-hydrogen) atoms. The van der Waals surface area contributed by atoms with E-state index in [0.29, 0.717) is 38.3 Å². The van der Waals surface area contributed by atoms with Crippen LogP contribution in [-0.4, -0.2) is 52.7 Å². The van der Waals surface area contributed by atoms with E-state index in [1.54, 1.807) is 0 Å². The lowest BCUT2D eigenvalue weighted by Gasteiger charge is -2.22. The Labute approximate surface area is 351 Å². The maximum atomic E-state index is 14.1. The summed E-state index contributed by atoms with van der Waals surface area (Å²) in [6.45, 7) is 4.45. The lowest BCUT2D eigenvalue weighted by atomic mass is 9.83. The quantitative estimate of drug-likeness (QED) is 0.0177. The largest absolute Gasteiger partial charge is 0.481 e. The molecule has 1 saturated carbocycles. The lowest BCUT2D eigenvalue weighted by Crippen LogP contribution is -2.39. The van der Waals surface area contributed by atoms with Crippen LogP contribution in [0.2, 0.25) is 0 Å². The Bertz CT molecular complexity index is 1250. The second kappa shape index (κ2) is 31.7. The Morgan fingerprint density at radius 3 is 1.26 bits per heavy atom. The van der Waals surface area contributed by atoms with Crippen molar-refractivity contribution in [2.75, 3.05) is 0 Å². The van der Waals surface area contributed by atoms with E-state index in [-0.39, 0.29) is 12.8 Å². The molecule has 0 spiro atoms. The molecule has 1 aliphatic carbocycles. The summed E-state index contributed by atoms with van der Waals surface area (Å²) in [7, 11) is 0. The molecule has 4 atom stereocenters. The van der Waals surface area contributed by atoms with Gasteiger partial charge >= 0.3 is 23.9 Å². The van der Waals surface area contributed by atoms with E-state index in [4.69, 9.17) is 15.6 Å². The van der Waals surface area contributed by atoms with Gasteiger partial charge < -0.3 is 30.3 Å². The van der Waals surface area contributed by atoms with E-state index < -0.39 is 59.0 Å². The van der Waals surface area contributed by atoms with Gasteiger partial charge in [-0.2, -0.15) is 0 Å². The minimum Gasteiger partial charge on any atom is -0.481 e. The van der Waals surface area contributed by atoms with Crippen molar-refractivity contribution in [2.24, 2.45) is 22.0 Å². The van der Waals surface area contributed by atoms with Gasteiger partial charge in [0.2, 0.25) is 0 Å². The summed E-state index contributed by atoms with van der Waals surface area (Å²) < 4.78 is 5.15. The van der Waals surface area contributed by atoms with Gasteiger partial charge in [0.25, 0.3) is 0 Å². The summed E-state index contributed by atoms with van der Waals surface area (Å²) in [5.74, 6) is -5.27. The predicted molar refractivity (Wildman–Crippen MR) is 231 cm³/mol. The molecule has 0 aromatic rings. The Balaban J connectivity index is 2.83. The van der Waals surface area contributed by atoms with Gasteiger partial charge in [0.1, 0.15) is 18.6 Å². The van der Waals surface area contributed by atoms with Gasteiger partial charge in [0.05, 0.1) is 22.7 Å². The summed E-state index contributed by atoms with van der Waals surface area (Å²) in [6.07, 6.45) is 38.3. The summed E-state index contributed by atoms with van der Waals surface area (Å²) in [5, 5.41) is 19.9. The smallest absolute Gasteiger partial charge is 0.331 e. The number of carboxylic acids is 2. The van der Waals surface area contributed by atoms with Gasteiger partial charge in [-0.3, -0.25) is 14.4 Å². The number of allylic oxidation sites excluding steroid dienone is 4. The minimum absolute atomic E-state index is 0.0348. The molecule has 4 N–H and O–H groups in total. The fourth-order valence-electron chi connectivity index (χ4n) is 9.14. The summed E-state index contributed by atoms with van der Waals surface area (Å²) >= 11 is 0. The zero-order chi connectivity index (χ0) is 43.0. The summed E-state index contributed by atoms with van der Waals surface area (Å²) in [4.78, 5) is 76.4. The maximum absolute atomic E-state index is 14.1. The zero-order valence-corrected chi connectivity index (χ0v) is 36.5. The average molecular weight is 816 g/mol. The number of carboxylic acid groups (broad SMARTS) is 2. The number of aliphatic carboxylic acids is 2. The SMILES string of the molecule is CCCCCCCCC=CCCCCCCCCC1(C(=O)O)C(C=O)(CC=O)C1(CCCCCCCCC=CCCCCCCCC)C(=O)OC(=O)[C@@H](N)CC(=O)O. The van der Waals surface area contributed by atoms with Crippen molar-refractivity contribution in [3.8, 4) is 0 Å². The first-order chi connectivity index (χ1) is 28.1. The number of hydrogen-bond acceptors (Lipinski definition) is 8. The van der Waals surface area contributed by atoms with Crippen molar-refractivity contribution in [2.45, 2.75) is 225 Å². The van der Waals surface area contributed by atoms with Crippen LogP contribution < -0.4 is 5.73 Å². The van der Waals surface area contributed by atoms with Gasteiger partial charge in [-0.05, 0) is 64.2 Å². The molecule has 0 saturated heterocycles.